The summed E-state index contributed by atoms with van der Waals surface area (Å²) in [7, 11) is 2.25. The minimum atomic E-state index is 0.600. The van der Waals surface area contributed by atoms with E-state index in [4.69, 9.17) is 0 Å². The Morgan fingerprint density at radius 2 is 2.05 bits per heavy atom. The van der Waals surface area contributed by atoms with E-state index in [9.17, 15) is 0 Å². The monoisotopic (exact) mass is 310 g/mol. The summed E-state index contributed by atoms with van der Waals surface area (Å²) in [6.07, 6.45) is 6.23. The molecule has 1 fully saturated rings. The fourth-order valence-corrected chi connectivity index (χ4v) is 4.27. The van der Waals surface area contributed by atoms with Crippen molar-refractivity contribution in [3.63, 3.8) is 0 Å². The molecule has 0 spiro atoms. The molecule has 1 aliphatic heterocycles. The first-order valence-corrected chi connectivity index (χ1v) is 9.07. The normalized spacial score (nSPS) is 20.3. The maximum atomic E-state index is 2.51. The van der Waals surface area contributed by atoms with Crippen molar-refractivity contribution in [2.45, 2.75) is 25.3 Å². The van der Waals surface area contributed by atoms with Crippen LogP contribution in [0, 0.1) is 0 Å². The highest BCUT2D eigenvalue weighted by molar-refractivity contribution is 7.08. The summed E-state index contributed by atoms with van der Waals surface area (Å²) in [5, 5.41) is 5.73. The van der Waals surface area contributed by atoms with Crippen LogP contribution in [0.2, 0.25) is 0 Å². The number of hydrogen-bond donors (Lipinski definition) is 0. The lowest BCUT2D eigenvalue weighted by atomic mass is 10.1. The fraction of sp³-hybridized carbons (Fsp3) is 0.368. The predicted molar refractivity (Wildman–Crippen MR) is 95.6 cm³/mol. The van der Waals surface area contributed by atoms with E-state index in [1.54, 1.807) is 11.3 Å². The molecule has 3 heterocycles. The second-order valence-electron chi connectivity index (χ2n) is 6.42. The Labute approximate surface area is 136 Å². The van der Waals surface area contributed by atoms with E-state index in [2.05, 4.69) is 63.8 Å². The number of rotatable bonds is 2. The Balaban J connectivity index is 1.76. The molecule has 1 aliphatic rings. The molecule has 0 radical (unpaired) electrons. The summed E-state index contributed by atoms with van der Waals surface area (Å²) in [4.78, 5) is 2.48. The molecule has 114 valence electrons. The van der Waals surface area contributed by atoms with Gasteiger partial charge >= 0.3 is 0 Å². The van der Waals surface area contributed by atoms with E-state index < -0.39 is 0 Å². The van der Waals surface area contributed by atoms with Crippen molar-refractivity contribution in [2.24, 2.45) is 0 Å². The lowest BCUT2D eigenvalue weighted by molar-refractivity contribution is 0.301. The largest absolute Gasteiger partial charge is 0.343 e. The van der Waals surface area contributed by atoms with E-state index >= 15 is 0 Å². The number of likely N-dealkylation sites (tertiary alicyclic amines) is 1. The molecule has 0 bridgehead atoms. The van der Waals surface area contributed by atoms with Gasteiger partial charge in [-0.05, 0) is 71.9 Å². The molecule has 0 unspecified atom stereocenters. The zero-order valence-electron chi connectivity index (χ0n) is 13.0. The van der Waals surface area contributed by atoms with Crippen molar-refractivity contribution in [3.05, 3.63) is 47.3 Å². The van der Waals surface area contributed by atoms with Gasteiger partial charge in [0.15, 0.2) is 0 Å². The van der Waals surface area contributed by atoms with Gasteiger partial charge in [0.1, 0.15) is 0 Å². The summed E-state index contributed by atoms with van der Waals surface area (Å²) < 4.78 is 2.51. The Morgan fingerprint density at radius 3 is 2.91 bits per heavy atom. The van der Waals surface area contributed by atoms with Crippen molar-refractivity contribution in [1.29, 1.82) is 0 Å². The molecule has 4 rings (SSSR count). The van der Waals surface area contributed by atoms with Crippen LogP contribution in [-0.2, 0) is 0 Å². The average molecular weight is 310 g/mol. The SMILES string of the molecule is CN1CCCC[C@H](n2ccc3ccc(-c4ccsc4)cc32)C1. The molecule has 1 saturated heterocycles. The number of benzene rings is 1. The fourth-order valence-electron chi connectivity index (χ4n) is 3.61. The second-order valence-corrected chi connectivity index (χ2v) is 7.20. The highest BCUT2D eigenvalue weighted by Gasteiger charge is 2.18. The Kier molecular flexibility index (Phi) is 3.77. The van der Waals surface area contributed by atoms with Crippen molar-refractivity contribution in [1.82, 2.24) is 9.47 Å². The maximum Gasteiger partial charge on any atom is 0.0489 e. The van der Waals surface area contributed by atoms with E-state index in [1.165, 1.54) is 47.8 Å². The van der Waals surface area contributed by atoms with Gasteiger partial charge in [-0.15, -0.1) is 0 Å². The smallest absolute Gasteiger partial charge is 0.0489 e. The third kappa shape index (κ3) is 2.59. The van der Waals surface area contributed by atoms with Crippen LogP contribution in [0.15, 0.2) is 47.3 Å². The first-order valence-electron chi connectivity index (χ1n) is 8.13. The number of fused-ring (bicyclic) bond motifs is 1. The molecule has 0 aliphatic carbocycles. The molecule has 2 nitrogen and oxygen atoms in total. The zero-order valence-corrected chi connectivity index (χ0v) is 13.9. The van der Waals surface area contributed by atoms with Crippen molar-refractivity contribution >= 4 is 22.2 Å². The molecule has 0 N–H and O–H groups in total. The van der Waals surface area contributed by atoms with Gasteiger partial charge in [-0.25, -0.2) is 0 Å². The molecular weight excluding hydrogens is 288 g/mol. The van der Waals surface area contributed by atoms with Crippen molar-refractivity contribution in [3.8, 4) is 11.1 Å². The molecule has 1 atom stereocenters. The van der Waals surface area contributed by atoms with Crippen molar-refractivity contribution < 1.29 is 0 Å². The molecule has 3 aromatic rings. The van der Waals surface area contributed by atoms with Crippen LogP contribution in [0.4, 0.5) is 0 Å². The summed E-state index contributed by atoms with van der Waals surface area (Å²) in [6.45, 7) is 2.39. The topological polar surface area (TPSA) is 8.17 Å². The minimum Gasteiger partial charge on any atom is -0.343 e. The Hall–Kier alpha value is -1.58. The molecule has 0 saturated carbocycles. The van der Waals surface area contributed by atoms with Gasteiger partial charge in [0, 0.05) is 24.3 Å². The van der Waals surface area contributed by atoms with E-state index in [0.29, 0.717) is 6.04 Å². The van der Waals surface area contributed by atoms with Gasteiger partial charge in [-0.2, -0.15) is 11.3 Å². The van der Waals surface area contributed by atoms with Gasteiger partial charge in [0.2, 0.25) is 0 Å². The summed E-state index contributed by atoms with van der Waals surface area (Å²) >= 11 is 1.76. The van der Waals surface area contributed by atoms with Gasteiger partial charge in [0.05, 0.1) is 0 Å². The van der Waals surface area contributed by atoms with Crippen molar-refractivity contribution in [2.75, 3.05) is 20.1 Å². The molecule has 3 heteroatoms. The highest BCUT2D eigenvalue weighted by atomic mass is 32.1. The van der Waals surface area contributed by atoms with E-state index in [-0.39, 0.29) is 0 Å². The van der Waals surface area contributed by atoms with Gasteiger partial charge in [-0.3, -0.25) is 0 Å². The molecule has 0 amide bonds. The number of thiophene rings is 1. The lowest BCUT2D eigenvalue weighted by Crippen LogP contribution is -2.25. The molecule has 1 aromatic carbocycles. The lowest BCUT2D eigenvalue weighted by Gasteiger charge is -2.22. The van der Waals surface area contributed by atoms with Crippen LogP contribution in [0.3, 0.4) is 0 Å². The zero-order chi connectivity index (χ0) is 14.9. The number of hydrogen-bond acceptors (Lipinski definition) is 2. The second kappa shape index (κ2) is 5.90. The summed E-state index contributed by atoms with van der Waals surface area (Å²) in [5.41, 5.74) is 4.04. The Morgan fingerprint density at radius 1 is 1.09 bits per heavy atom. The van der Waals surface area contributed by atoms with Crippen LogP contribution in [-0.4, -0.2) is 29.6 Å². The predicted octanol–water partition coefficient (Wildman–Crippen LogP) is 5.03. The number of nitrogens with zero attached hydrogens (tertiary/aromatic N) is 2. The van der Waals surface area contributed by atoms with Crippen LogP contribution in [0.1, 0.15) is 25.3 Å². The number of likely N-dealkylation sites (N-methyl/N-ethyl adjacent to an activating group) is 1. The maximum absolute atomic E-state index is 2.51. The van der Waals surface area contributed by atoms with Gasteiger partial charge in [0.25, 0.3) is 0 Å². The van der Waals surface area contributed by atoms with Crippen LogP contribution in [0.25, 0.3) is 22.0 Å². The minimum absolute atomic E-state index is 0.600. The van der Waals surface area contributed by atoms with E-state index in [1.807, 2.05) is 0 Å². The molecule has 22 heavy (non-hydrogen) atoms. The van der Waals surface area contributed by atoms with Crippen LogP contribution in [0.5, 0.6) is 0 Å². The first kappa shape index (κ1) is 14.0. The van der Waals surface area contributed by atoms with Gasteiger partial charge in [-0.1, -0.05) is 18.6 Å². The van der Waals surface area contributed by atoms with Crippen LogP contribution >= 0.6 is 11.3 Å². The summed E-state index contributed by atoms with van der Waals surface area (Å²) in [5.74, 6) is 0. The average Bonchev–Trinajstić information content (AvgIpc) is 3.15. The molecular formula is C19H22N2S. The third-order valence-corrected chi connectivity index (χ3v) is 5.50. The number of aromatic nitrogens is 1. The van der Waals surface area contributed by atoms with E-state index in [0.717, 1.165) is 6.54 Å². The third-order valence-electron chi connectivity index (χ3n) is 4.82. The Bertz CT molecular complexity index is 757. The highest BCUT2D eigenvalue weighted by Crippen LogP contribution is 2.30. The summed E-state index contributed by atoms with van der Waals surface area (Å²) in [6, 6.07) is 11.9. The van der Waals surface area contributed by atoms with Crippen LogP contribution < -0.4 is 0 Å². The standard InChI is InChI=1S/C19H22N2S/c1-20-9-3-2-4-18(13-20)21-10-7-15-5-6-16(12-19(15)21)17-8-11-22-14-17/h5-8,10-12,14,18H,2-4,9,13H2,1H3/t18-/m0/s1. The quantitative estimate of drug-likeness (QED) is 0.645. The first-order chi connectivity index (χ1) is 10.8. The van der Waals surface area contributed by atoms with Gasteiger partial charge < -0.3 is 9.47 Å². The molecule has 2 aromatic heterocycles.